The van der Waals surface area contributed by atoms with Gasteiger partial charge in [0, 0.05) is 6.42 Å². The lowest BCUT2D eigenvalue weighted by atomic mass is 10.1. The van der Waals surface area contributed by atoms with Crippen LogP contribution < -0.4 is 9.47 Å². The molecule has 0 amide bonds. The fourth-order valence-corrected chi connectivity index (χ4v) is 1.92. The summed E-state index contributed by atoms with van der Waals surface area (Å²) in [6.07, 6.45) is 3.18. The first-order valence-corrected chi connectivity index (χ1v) is 4.96. The molecule has 1 heterocycles. The highest BCUT2D eigenvalue weighted by Crippen LogP contribution is 2.36. The number of hydrogen-bond acceptors (Lipinski definition) is 3. The van der Waals surface area contributed by atoms with Crippen LogP contribution in [0.1, 0.15) is 18.4 Å². The lowest BCUT2D eigenvalue weighted by molar-refractivity contribution is -0.114. The Bertz CT molecular complexity index is 460. The number of ether oxygens (including phenoxy) is 2. The number of hydrogen-bond donors (Lipinski definition) is 0. The average molecular weight is 202 g/mol. The molecule has 3 rings (SSSR count). The van der Waals surface area contributed by atoms with Gasteiger partial charge >= 0.3 is 0 Å². The van der Waals surface area contributed by atoms with Gasteiger partial charge in [-0.25, -0.2) is 0 Å². The lowest BCUT2D eigenvalue weighted by Gasteiger charge is -2.02. The Kier molecular flexibility index (Phi) is 1.78. The molecule has 1 aromatic carbocycles. The maximum Gasteiger partial charge on any atom is 0.231 e. The Morgan fingerprint density at radius 3 is 2.73 bits per heavy atom. The van der Waals surface area contributed by atoms with Gasteiger partial charge in [0.25, 0.3) is 0 Å². The highest BCUT2D eigenvalue weighted by Gasteiger charge is 2.17. The fraction of sp³-hybridized carbons (Fsp3) is 0.250. The van der Waals surface area contributed by atoms with Crippen molar-refractivity contribution in [1.82, 2.24) is 0 Å². The molecule has 0 spiro atoms. The summed E-state index contributed by atoms with van der Waals surface area (Å²) in [5, 5.41) is 0. The van der Waals surface area contributed by atoms with Crippen LogP contribution in [0, 0.1) is 0 Å². The normalized spacial score (nSPS) is 18.1. The molecule has 0 aromatic heterocycles. The first-order chi connectivity index (χ1) is 7.33. The SMILES string of the molecule is O=C1C=C(c2ccc3c(c2)OCO3)CC1. The van der Waals surface area contributed by atoms with E-state index in [0.717, 1.165) is 29.1 Å². The molecule has 0 atom stereocenters. The number of rotatable bonds is 1. The molecule has 0 N–H and O–H groups in total. The van der Waals surface area contributed by atoms with Crippen LogP contribution in [-0.2, 0) is 4.79 Å². The number of benzene rings is 1. The number of carbonyl (C=O) groups is 1. The molecule has 0 bridgehead atoms. The van der Waals surface area contributed by atoms with Crippen LogP contribution in [0.2, 0.25) is 0 Å². The summed E-state index contributed by atoms with van der Waals surface area (Å²) < 4.78 is 10.5. The smallest absolute Gasteiger partial charge is 0.231 e. The highest BCUT2D eigenvalue weighted by molar-refractivity contribution is 6.01. The van der Waals surface area contributed by atoms with Gasteiger partial charge in [0.15, 0.2) is 17.3 Å². The van der Waals surface area contributed by atoms with Crippen LogP contribution >= 0.6 is 0 Å². The molecular weight excluding hydrogens is 192 g/mol. The standard InChI is InChI=1S/C12H10O3/c13-10-3-1-8(5-10)9-2-4-11-12(6-9)15-7-14-11/h2,4-6H,1,3,7H2. The van der Waals surface area contributed by atoms with Crippen LogP contribution in [0.3, 0.4) is 0 Å². The van der Waals surface area contributed by atoms with Gasteiger partial charge in [-0.3, -0.25) is 4.79 Å². The van der Waals surface area contributed by atoms with Gasteiger partial charge in [-0.15, -0.1) is 0 Å². The number of carbonyl (C=O) groups excluding carboxylic acids is 1. The summed E-state index contributed by atoms with van der Waals surface area (Å²) in [6.45, 7) is 0.288. The molecule has 1 aromatic rings. The third kappa shape index (κ3) is 1.40. The maximum atomic E-state index is 11.1. The number of ketones is 1. The summed E-state index contributed by atoms with van der Waals surface area (Å²) in [7, 11) is 0. The summed E-state index contributed by atoms with van der Waals surface area (Å²) in [5.41, 5.74) is 2.16. The molecule has 15 heavy (non-hydrogen) atoms. The van der Waals surface area contributed by atoms with Crippen molar-refractivity contribution in [2.75, 3.05) is 6.79 Å². The van der Waals surface area contributed by atoms with E-state index in [0.29, 0.717) is 6.42 Å². The first kappa shape index (κ1) is 8.53. The van der Waals surface area contributed by atoms with E-state index in [2.05, 4.69) is 0 Å². The highest BCUT2D eigenvalue weighted by atomic mass is 16.7. The van der Waals surface area contributed by atoms with Crippen molar-refractivity contribution in [3.63, 3.8) is 0 Å². The molecule has 0 saturated carbocycles. The van der Waals surface area contributed by atoms with E-state index in [9.17, 15) is 4.79 Å². The van der Waals surface area contributed by atoms with Gasteiger partial charge in [-0.2, -0.15) is 0 Å². The van der Waals surface area contributed by atoms with E-state index in [-0.39, 0.29) is 12.6 Å². The van der Waals surface area contributed by atoms with E-state index in [1.54, 1.807) is 6.08 Å². The summed E-state index contributed by atoms with van der Waals surface area (Å²) in [5.74, 6) is 1.76. The Balaban J connectivity index is 2.00. The Labute approximate surface area is 87.3 Å². The molecule has 3 heteroatoms. The van der Waals surface area contributed by atoms with Crippen LogP contribution in [0.25, 0.3) is 5.57 Å². The molecule has 2 aliphatic rings. The van der Waals surface area contributed by atoms with Crippen molar-refractivity contribution in [2.45, 2.75) is 12.8 Å². The van der Waals surface area contributed by atoms with Crippen molar-refractivity contribution < 1.29 is 14.3 Å². The minimum Gasteiger partial charge on any atom is -0.454 e. The van der Waals surface area contributed by atoms with E-state index >= 15 is 0 Å². The van der Waals surface area contributed by atoms with Crippen LogP contribution in [0.4, 0.5) is 0 Å². The van der Waals surface area contributed by atoms with E-state index in [4.69, 9.17) is 9.47 Å². The molecule has 0 saturated heterocycles. The quantitative estimate of drug-likeness (QED) is 0.700. The molecule has 0 radical (unpaired) electrons. The summed E-state index contributed by atoms with van der Waals surface area (Å²) in [4.78, 5) is 11.1. The zero-order valence-corrected chi connectivity index (χ0v) is 8.16. The Hall–Kier alpha value is -1.77. The van der Waals surface area contributed by atoms with Crippen LogP contribution in [-0.4, -0.2) is 12.6 Å². The molecule has 0 fully saturated rings. The second-order valence-electron chi connectivity index (χ2n) is 3.70. The predicted octanol–water partition coefficient (Wildman–Crippen LogP) is 2.16. The first-order valence-electron chi connectivity index (χ1n) is 4.96. The summed E-state index contributed by atoms with van der Waals surface area (Å²) in [6, 6.07) is 5.80. The zero-order chi connectivity index (χ0) is 10.3. The van der Waals surface area contributed by atoms with Crippen molar-refractivity contribution >= 4 is 11.4 Å². The number of fused-ring (bicyclic) bond motifs is 1. The van der Waals surface area contributed by atoms with E-state index in [1.165, 1.54) is 0 Å². The molecule has 76 valence electrons. The second kappa shape index (κ2) is 3.12. The topological polar surface area (TPSA) is 35.5 Å². The minimum absolute atomic E-state index is 0.211. The molecule has 3 nitrogen and oxygen atoms in total. The molecule has 1 aliphatic carbocycles. The number of allylic oxidation sites excluding steroid dienone is 2. The molecular formula is C12H10O3. The van der Waals surface area contributed by atoms with Crippen LogP contribution in [0.15, 0.2) is 24.3 Å². The molecule has 0 unspecified atom stereocenters. The van der Waals surface area contributed by atoms with Crippen molar-refractivity contribution in [1.29, 1.82) is 0 Å². The van der Waals surface area contributed by atoms with Crippen LogP contribution in [0.5, 0.6) is 11.5 Å². The third-order valence-electron chi connectivity index (χ3n) is 2.72. The predicted molar refractivity (Wildman–Crippen MR) is 54.8 cm³/mol. The van der Waals surface area contributed by atoms with Gasteiger partial charge in [-0.05, 0) is 35.8 Å². The Morgan fingerprint density at radius 2 is 1.93 bits per heavy atom. The maximum absolute atomic E-state index is 11.1. The van der Waals surface area contributed by atoms with Gasteiger partial charge in [0.05, 0.1) is 0 Å². The molecule has 1 aliphatic heterocycles. The van der Waals surface area contributed by atoms with Gasteiger partial charge in [-0.1, -0.05) is 6.07 Å². The van der Waals surface area contributed by atoms with Gasteiger partial charge in [0.1, 0.15) is 0 Å². The third-order valence-corrected chi connectivity index (χ3v) is 2.72. The minimum atomic E-state index is 0.211. The summed E-state index contributed by atoms with van der Waals surface area (Å²) >= 11 is 0. The second-order valence-corrected chi connectivity index (χ2v) is 3.70. The van der Waals surface area contributed by atoms with E-state index < -0.39 is 0 Å². The lowest BCUT2D eigenvalue weighted by Crippen LogP contribution is -1.92. The van der Waals surface area contributed by atoms with Crippen molar-refractivity contribution in [3.05, 3.63) is 29.8 Å². The van der Waals surface area contributed by atoms with E-state index in [1.807, 2.05) is 18.2 Å². The zero-order valence-electron chi connectivity index (χ0n) is 8.16. The Morgan fingerprint density at radius 1 is 1.07 bits per heavy atom. The fourth-order valence-electron chi connectivity index (χ4n) is 1.92. The van der Waals surface area contributed by atoms with Gasteiger partial charge in [0.2, 0.25) is 6.79 Å². The van der Waals surface area contributed by atoms with Gasteiger partial charge < -0.3 is 9.47 Å². The monoisotopic (exact) mass is 202 g/mol. The van der Waals surface area contributed by atoms with Crippen molar-refractivity contribution in [3.8, 4) is 11.5 Å². The largest absolute Gasteiger partial charge is 0.454 e. The van der Waals surface area contributed by atoms with Crippen molar-refractivity contribution in [2.24, 2.45) is 0 Å². The average Bonchev–Trinajstić information content (AvgIpc) is 2.84.